The average Bonchev–Trinajstić information content (AvgIpc) is 2.54. The average molecular weight is 350 g/mol. The Morgan fingerprint density at radius 1 is 1.08 bits per heavy atom. The molecule has 24 heavy (non-hydrogen) atoms. The van der Waals surface area contributed by atoms with Crippen molar-refractivity contribution in [1.29, 1.82) is 0 Å². The highest BCUT2D eigenvalue weighted by Crippen LogP contribution is 2.27. The predicted molar refractivity (Wildman–Crippen MR) is 91.2 cm³/mol. The normalized spacial score (nSPS) is 11.5. The fourth-order valence-electron chi connectivity index (χ4n) is 2.19. The van der Waals surface area contributed by atoms with Crippen LogP contribution in [0.15, 0.2) is 42.5 Å². The molecule has 1 amide bonds. The summed E-state index contributed by atoms with van der Waals surface area (Å²) < 4.78 is 37.5. The SMILES string of the molecule is Cc1c(-c2ccccc2)ccc(F)c1C(=O)NNS(=O)(=O)C(C)C. The topological polar surface area (TPSA) is 75.3 Å². The van der Waals surface area contributed by atoms with Crippen LogP contribution in [0.1, 0.15) is 29.8 Å². The molecule has 0 heterocycles. The monoisotopic (exact) mass is 350 g/mol. The molecule has 0 aliphatic carbocycles. The Labute approximate surface area is 140 Å². The highest BCUT2D eigenvalue weighted by molar-refractivity contribution is 7.90. The molecule has 0 atom stereocenters. The van der Waals surface area contributed by atoms with Crippen LogP contribution in [0, 0.1) is 12.7 Å². The fourth-order valence-corrected chi connectivity index (χ4v) is 2.66. The molecule has 0 fully saturated rings. The molecule has 0 bridgehead atoms. The van der Waals surface area contributed by atoms with Gasteiger partial charge in [0.25, 0.3) is 5.91 Å². The van der Waals surface area contributed by atoms with Crippen LogP contribution in [0.5, 0.6) is 0 Å². The van der Waals surface area contributed by atoms with Crippen molar-refractivity contribution in [1.82, 2.24) is 10.3 Å². The van der Waals surface area contributed by atoms with Gasteiger partial charge in [-0.15, -0.1) is 4.83 Å². The van der Waals surface area contributed by atoms with Crippen molar-refractivity contribution in [2.75, 3.05) is 0 Å². The highest BCUT2D eigenvalue weighted by Gasteiger charge is 2.21. The van der Waals surface area contributed by atoms with Crippen molar-refractivity contribution >= 4 is 15.9 Å². The standard InChI is InChI=1S/C17H19FN2O3S/c1-11(2)24(22,23)20-19-17(21)16-12(3)14(9-10-15(16)18)13-7-5-4-6-8-13/h4-11,20H,1-3H3,(H,19,21). The minimum atomic E-state index is -3.69. The van der Waals surface area contributed by atoms with Crippen molar-refractivity contribution in [3.8, 4) is 11.1 Å². The second kappa shape index (κ2) is 7.11. The zero-order chi connectivity index (χ0) is 17.9. The van der Waals surface area contributed by atoms with Crippen molar-refractivity contribution < 1.29 is 17.6 Å². The minimum absolute atomic E-state index is 0.192. The molecule has 2 aromatic rings. The number of hydrogen-bond donors (Lipinski definition) is 2. The molecule has 0 aromatic heterocycles. The third-order valence-electron chi connectivity index (χ3n) is 3.65. The highest BCUT2D eigenvalue weighted by atomic mass is 32.2. The predicted octanol–water partition coefficient (Wildman–Crippen LogP) is 2.77. The lowest BCUT2D eigenvalue weighted by Crippen LogP contribution is -2.45. The van der Waals surface area contributed by atoms with Crippen LogP contribution < -0.4 is 10.3 Å². The van der Waals surface area contributed by atoms with Crippen LogP contribution in [-0.2, 0) is 10.0 Å². The smallest absolute Gasteiger partial charge is 0.269 e. The van der Waals surface area contributed by atoms with E-state index in [2.05, 4.69) is 5.43 Å². The number of carbonyl (C=O) groups excluding carboxylic acids is 1. The van der Waals surface area contributed by atoms with E-state index in [9.17, 15) is 17.6 Å². The number of amides is 1. The van der Waals surface area contributed by atoms with E-state index < -0.39 is 27.0 Å². The van der Waals surface area contributed by atoms with Gasteiger partial charge < -0.3 is 0 Å². The van der Waals surface area contributed by atoms with Crippen LogP contribution in [-0.4, -0.2) is 19.6 Å². The van der Waals surface area contributed by atoms with E-state index in [4.69, 9.17) is 0 Å². The van der Waals surface area contributed by atoms with Crippen molar-refractivity contribution in [3.63, 3.8) is 0 Å². The second-order valence-electron chi connectivity index (χ2n) is 5.61. The minimum Gasteiger partial charge on any atom is -0.274 e. The Bertz CT molecular complexity index is 850. The quantitative estimate of drug-likeness (QED) is 0.814. The van der Waals surface area contributed by atoms with Gasteiger partial charge in [0.05, 0.1) is 10.8 Å². The third kappa shape index (κ3) is 3.80. The molecule has 0 aliphatic rings. The molecule has 0 saturated carbocycles. The lowest BCUT2D eigenvalue weighted by molar-refractivity contribution is 0.0940. The van der Waals surface area contributed by atoms with Crippen LogP contribution >= 0.6 is 0 Å². The number of hydrazine groups is 1. The number of halogens is 1. The Balaban J connectivity index is 2.35. The number of carbonyl (C=O) groups is 1. The van der Waals surface area contributed by atoms with Gasteiger partial charge in [0.2, 0.25) is 10.0 Å². The van der Waals surface area contributed by atoms with E-state index in [0.717, 1.165) is 5.56 Å². The van der Waals surface area contributed by atoms with E-state index in [1.54, 1.807) is 13.0 Å². The second-order valence-corrected chi connectivity index (χ2v) is 7.85. The molecule has 5 nitrogen and oxygen atoms in total. The Morgan fingerprint density at radius 2 is 1.71 bits per heavy atom. The number of hydrogen-bond acceptors (Lipinski definition) is 3. The van der Waals surface area contributed by atoms with Crippen LogP contribution in [0.3, 0.4) is 0 Å². The molecule has 0 unspecified atom stereocenters. The summed E-state index contributed by atoms with van der Waals surface area (Å²) in [6.07, 6.45) is 0. The number of benzene rings is 2. The molecule has 0 saturated heterocycles. The van der Waals surface area contributed by atoms with Crippen molar-refractivity contribution in [3.05, 3.63) is 59.4 Å². The number of nitrogens with one attached hydrogen (secondary N) is 2. The van der Waals surface area contributed by atoms with E-state index in [1.807, 2.05) is 35.2 Å². The summed E-state index contributed by atoms with van der Waals surface area (Å²) in [6, 6.07) is 12.0. The Hall–Kier alpha value is -2.25. The first kappa shape index (κ1) is 18.1. The van der Waals surface area contributed by atoms with Gasteiger partial charge in [0.1, 0.15) is 5.82 Å². The van der Waals surface area contributed by atoms with E-state index in [1.165, 1.54) is 19.9 Å². The van der Waals surface area contributed by atoms with Gasteiger partial charge in [-0.1, -0.05) is 36.4 Å². The van der Waals surface area contributed by atoms with Crippen molar-refractivity contribution in [2.45, 2.75) is 26.0 Å². The summed E-state index contributed by atoms with van der Waals surface area (Å²) in [6.45, 7) is 4.56. The van der Waals surface area contributed by atoms with Crippen molar-refractivity contribution in [2.24, 2.45) is 0 Å². The number of rotatable bonds is 5. The van der Waals surface area contributed by atoms with Gasteiger partial charge in [-0.3, -0.25) is 10.2 Å². The third-order valence-corrected chi connectivity index (χ3v) is 5.28. The van der Waals surface area contributed by atoms with Crippen LogP contribution in [0.4, 0.5) is 4.39 Å². The van der Waals surface area contributed by atoms with Crippen LogP contribution in [0.2, 0.25) is 0 Å². The molecule has 7 heteroatoms. The molecule has 128 valence electrons. The van der Waals surface area contributed by atoms with Gasteiger partial charge in [-0.2, -0.15) is 0 Å². The summed E-state index contributed by atoms with van der Waals surface area (Å²) in [5.41, 5.74) is 3.85. The molecular weight excluding hydrogens is 331 g/mol. The first-order valence-corrected chi connectivity index (χ1v) is 8.94. The van der Waals surface area contributed by atoms with Gasteiger partial charge in [0.15, 0.2) is 0 Å². The van der Waals surface area contributed by atoms with Crippen LogP contribution in [0.25, 0.3) is 11.1 Å². The van der Waals surface area contributed by atoms with E-state index in [0.29, 0.717) is 11.1 Å². The lowest BCUT2D eigenvalue weighted by atomic mass is 9.96. The van der Waals surface area contributed by atoms with E-state index in [-0.39, 0.29) is 5.56 Å². The number of sulfonamides is 1. The maximum Gasteiger partial charge on any atom is 0.269 e. The lowest BCUT2D eigenvalue weighted by Gasteiger charge is -2.14. The van der Waals surface area contributed by atoms with Gasteiger partial charge >= 0.3 is 0 Å². The zero-order valence-electron chi connectivity index (χ0n) is 13.6. The molecular formula is C17H19FN2O3S. The van der Waals surface area contributed by atoms with Gasteiger partial charge in [0, 0.05) is 0 Å². The molecule has 0 aliphatic heterocycles. The largest absolute Gasteiger partial charge is 0.274 e. The fraction of sp³-hybridized carbons (Fsp3) is 0.235. The molecule has 2 rings (SSSR count). The zero-order valence-corrected chi connectivity index (χ0v) is 14.4. The van der Waals surface area contributed by atoms with Gasteiger partial charge in [-0.25, -0.2) is 12.8 Å². The van der Waals surface area contributed by atoms with Gasteiger partial charge in [-0.05, 0) is 43.5 Å². The summed E-state index contributed by atoms with van der Waals surface area (Å²) in [5.74, 6) is -1.56. The van der Waals surface area contributed by atoms with E-state index >= 15 is 0 Å². The first-order chi connectivity index (χ1) is 11.2. The molecule has 2 N–H and O–H groups in total. The first-order valence-electron chi connectivity index (χ1n) is 7.39. The molecule has 0 radical (unpaired) electrons. The summed E-state index contributed by atoms with van der Waals surface area (Å²) in [4.78, 5) is 14.2. The molecule has 2 aromatic carbocycles. The Morgan fingerprint density at radius 3 is 2.29 bits per heavy atom. The Kier molecular flexibility index (Phi) is 5.36. The summed E-state index contributed by atoms with van der Waals surface area (Å²) in [7, 11) is -3.69. The summed E-state index contributed by atoms with van der Waals surface area (Å²) in [5, 5.41) is -0.723. The maximum atomic E-state index is 14.1. The summed E-state index contributed by atoms with van der Waals surface area (Å²) >= 11 is 0. The maximum absolute atomic E-state index is 14.1. The molecule has 0 spiro atoms.